The number of benzene rings is 3. The molecule has 1 aromatic heterocycles. The lowest BCUT2D eigenvalue weighted by Crippen LogP contribution is -2.47. The normalized spacial score (nSPS) is 14.7. The Morgan fingerprint density at radius 2 is 1.66 bits per heavy atom. The maximum atomic E-state index is 13.8. The Kier molecular flexibility index (Phi) is 8.26. The minimum atomic E-state index is -0.178. The van der Waals surface area contributed by atoms with Crippen LogP contribution in [0.1, 0.15) is 52.2 Å². The van der Waals surface area contributed by atoms with Crippen molar-refractivity contribution in [3.8, 4) is 11.1 Å². The first-order valence-electron chi connectivity index (χ1n) is 13.1. The van der Waals surface area contributed by atoms with Crippen LogP contribution in [0, 0.1) is 0 Å². The molecule has 0 fully saturated rings. The molecule has 5 rings (SSSR count). The molecule has 0 spiro atoms. The number of hydrogen-bond donors (Lipinski definition) is 0. The molecule has 6 heteroatoms. The van der Waals surface area contributed by atoms with Gasteiger partial charge in [-0.15, -0.1) is 11.3 Å². The molecule has 2 heterocycles. The van der Waals surface area contributed by atoms with Gasteiger partial charge in [0.15, 0.2) is 0 Å². The van der Waals surface area contributed by atoms with Gasteiger partial charge in [0.05, 0.1) is 6.04 Å². The van der Waals surface area contributed by atoms with Gasteiger partial charge in [0.2, 0.25) is 5.91 Å². The summed E-state index contributed by atoms with van der Waals surface area (Å²) in [5, 5.41) is 2.76. The third kappa shape index (κ3) is 5.69. The summed E-state index contributed by atoms with van der Waals surface area (Å²) in [5.41, 5.74) is 4.96. The summed E-state index contributed by atoms with van der Waals surface area (Å²) in [7, 11) is 0. The van der Waals surface area contributed by atoms with E-state index in [0.29, 0.717) is 23.7 Å². The molecule has 38 heavy (non-hydrogen) atoms. The number of unbranched alkanes of at least 4 members (excludes halogenated alkanes) is 1. The van der Waals surface area contributed by atoms with Crippen molar-refractivity contribution in [2.75, 3.05) is 19.6 Å². The second-order valence-electron chi connectivity index (χ2n) is 9.61. The summed E-state index contributed by atoms with van der Waals surface area (Å²) in [6, 6.07) is 27.5. The number of hydrogen-bond acceptors (Lipinski definition) is 3. The number of thiophene rings is 1. The van der Waals surface area contributed by atoms with Crippen molar-refractivity contribution in [3.63, 3.8) is 0 Å². The van der Waals surface area contributed by atoms with Crippen LogP contribution in [0.3, 0.4) is 0 Å². The lowest BCUT2D eigenvalue weighted by Gasteiger charge is -2.37. The fourth-order valence-corrected chi connectivity index (χ4v) is 6.09. The fraction of sp³-hybridized carbons (Fsp3) is 0.250. The summed E-state index contributed by atoms with van der Waals surface area (Å²) < 4.78 is 0. The first-order valence-corrected chi connectivity index (χ1v) is 14.4. The maximum Gasteiger partial charge on any atom is 0.254 e. The molecule has 3 aromatic carbocycles. The molecule has 2 amide bonds. The van der Waals surface area contributed by atoms with Crippen LogP contribution in [0.15, 0.2) is 90.3 Å². The van der Waals surface area contributed by atoms with E-state index < -0.39 is 0 Å². The molecular formula is C32H31ClN2O2S. The van der Waals surface area contributed by atoms with E-state index in [2.05, 4.69) is 30.5 Å². The molecule has 0 saturated heterocycles. The largest absolute Gasteiger partial charge is 0.330 e. The van der Waals surface area contributed by atoms with E-state index in [0.717, 1.165) is 36.0 Å². The van der Waals surface area contributed by atoms with Gasteiger partial charge in [-0.25, -0.2) is 0 Å². The Bertz CT molecular complexity index is 1380. The molecular weight excluding hydrogens is 512 g/mol. The standard InChI is InChI=1S/C32H31ClN2O2S/c1-2-3-19-34(32(37)26-11-9-24(10-12-26)23-7-5-4-6-8-23)22-30(36)35-20-17-29-28(18-21-38-29)31(35)25-13-15-27(33)16-14-25/h4-16,18,21,31H,2-3,17,19-20,22H2,1H3. The van der Waals surface area contributed by atoms with Crippen molar-refractivity contribution >= 4 is 34.8 Å². The zero-order valence-corrected chi connectivity index (χ0v) is 23.0. The molecule has 0 N–H and O–H groups in total. The minimum absolute atomic E-state index is 0.0350. The number of rotatable bonds is 8. The number of nitrogens with zero attached hydrogens (tertiary/aromatic N) is 2. The molecule has 0 saturated carbocycles. The Labute approximate surface area is 233 Å². The second kappa shape index (κ2) is 12.0. The number of fused-ring (bicyclic) bond motifs is 1. The minimum Gasteiger partial charge on any atom is -0.330 e. The third-order valence-corrected chi connectivity index (χ3v) is 8.35. The third-order valence-electron chi connectivity index (χ3n) is 7.11. The predicted octanol–water partition coefficient (Wildman–Crippen LogP) is 7.49. The highest BCUT2D eigenvalue weighted by atomic mass is 35.5. The number of carbonyl (C=O) groups excluding carboxylic acids is 2. The second-order valence-corrected chi connectivity index (χ2v) is 11.1. The zero-order valence-electron chi connectivity index (χ0n) is 21.5. The average molecular weight is 543 g/mol. The van der Waals surface area contributed by atoms with E-state index in [1.807, 2.05) is 71.6 Å². The molecule has 4 nitrogen and oxygen atoms in total. The highest BCUT2D eigenvalue weighted by Crippen LogP contribution is 2.38. The van der Waals surface area contributed by atoms with Gasteiger partial charge < -0.3 is 9.80 Å². The molecule has 0 aliphatic carbocycles. The zero-order chi connectivity index (χ0) is 26.5. The van der Waals surface area contributed by atoms with Gasteiger partial charge in [0.1, 0.15) is 6.54 Å². The molecule has 194 valence electrons. The monoisotopic (exact) mass is 542 g/mol. The Morgan fingerprint density at radius 1 is 0.947 bits per heavy atom. The van der Waals surface area contributed by atoms with Crippen molar-refractivity contribution in [1.29, 1.82) is 0 Å². The SMILES string of the molecule is CCCCN(CC(=O)N1CCc2sccc2C1c1ccc(Cl)cc1)C(=O)c1ccc(-c2ccccc2)cc1. The highest BCUT2D eigenvalue weighted by Gasteiger charge is 2.34. The molecule has 1 aliphatic heterocycles. The molecule has 4 aromatic rings. The lowest BCUT2D eigenvalue weighted by atomic mass is 9.93. The van der Waals surface area contributed by atoms with Crippen LogP contribution < -0.4 is 0 Å². The average Bonchev–Trinajstić information content (AvgIpc) is 3.44. The summed E-state index contributed by atoms with van der Waals surface area (Å²) >= 11 is 7.90. The van der Waals surface area contributed by atoms with Gasteiger partial charge in [-0.05, 0) is 70.8 Å². The molecule has 1 atom stereocenters. The molecule has 1 aliphatic rings. The van der Waals surface area contributed by atoms with Crippen LogP contribution in [0.4, 0.5) is 0 Å². The van der Waals surface area contributed by atoms with E-state index in [1.54, 1.807) is 16.2 Å². The van der Waals surface area contributed by atoms with Gasteiger partial charge in [-0.3, -0.25) is 9.59 Å². The maximum absolute atomic E-state index is 13.8. The van der Waals surface area contributed by atoms with Crippen molar-refractivity contribution in [1.82, 2.24) is 9.80 Å². The van der Waals surface area contributed by atoms with Crippen LogP contribution in [0.2, 0.25) is 5.02 Å². The predicted molar refractivity (Wildman–Crippen MR) is 156 cm³/mol. The first kappa shape index (κ1) is 26.2. The van der Waals surface area contributed by atoms with Gasteiger partial charge in [0, 0.05) is 28.6 Å². The smallest absolute Gasteiger partial charge is 0.254 e. The van der Waals surface area contributed by atoms with Crippen molar-refractivity contribution in [3.05, 3.63) is 117 Å². The number of halogens is 1. The summed E-state index contributed by atoms with van der Waals surface area (Å²) in [5.74, 6) is -0.144. The number of amides is 2. The molecule has 0 radical (unpaired) electrons. The topological polar surface area (TPSA) is 40.6 Å². The van der Waals surface area contributed by atoms with Crippen molar-refractivity contribution < 1.29 is 9.59 Å². The summed E-state index contributed by atoms with van der Waals surface area (Å²) in [6.45, 7) is 3.33. The lowest BCUT2D eigenvalue weighted by molar-refractivity contribution is -0.134. The summed E-state index contributed by atoms with van der Waals surface area (Å²) in [6.07, 6.45) is 2.61. The van der Waals surface area contributed by atoms with Crippen LogP contribution in [-0.4, -0.2) is 41.2 Å². The molecule has 1 unspecified atom stereocenters. The van der Waals surface area contributed by atoms with E-state index >= 15 is 0 Å². The van der Waals surface area contributed by atoms with Gasteiger partial charge in [-0.2, -0.15) is 0 Å². The van der Waals surface area contributed by atoms with Gasteiger partial charge in [-0.1, -0.05) is 79.5 Å². The van der Waals surface area contributed by atoms with Gasteiger partial charge in [0.25, 0.3) is 5.91 Å². The van der Waals surface area contributed by atoms with Crippen LogP contribution >= 0.6 is 22.9 Å². The highest BCUT2D eigenvalue weighted by molar-refractivity contribution is 7.10. The van der Waals surface area contributed by atoms with Crippen LogP contribution in [0.5, 0.6) is 0 Å². The molecule has 0 bridgehead atoms. The van der Waals surface area contributed by atoms with E-state index in [4.69, 9.17) is 11.6 Å². The Hall–Kier alpha value is -3.41. The van der Waals surface area contributed by atoms with E-state index in [9.17, 15) is 9.59 Å². The first-order chi connectivity index (χ1) is 18.5. The van der Waals surface area contributed by atoms with E-state index in [-0.39, 0.29) is 24.4 Å². The van der Waals surface area contributed by atoms with E-state index in [1.165, 1.54) is 10.4 Å². The van der Waals surface area contributed by atoms with Gasteiger partial charge >= 0.3 is 0 Å². The fourth-order valence-electron chi connectivity index (χ4n) is 5.06. The summed E-state index contributed by atoms with van der Waals surface area (Å²) in [4.78, 5) is 32.4. The van der Waals surface area contributed by atoms with Crippen LogP contribution in [0.25, 0.3) is 11.1 Å². The van der Waals surface area contributed by atoms with Crippen molar-refractivity contribution in [2.45, 2.75) is 32.2 Å². The quantitative estimate of drug-likeness (QED) is 0.231. The Morgan fingerprint density at radius 3 is 2.37 bits per heavy atom. The van der Waals surface area contributed by atoms with Crippen LogP contribution in [-0.2, 0) is 11.2 Å². The number of carbonyl (C=O) groups is 2. The van der Waals surface area contributed by atoms with Crippen molar-refractivity contribution in [2.24, 2.45) is 0 Å². The Balaban J connectivity index is 1.38.